The fourth-order valence-electron chi connectivity index (χ4n) is 4.53. The number of anilines is 1. The fourth-order valence-corrected chi connectivity index (χ4v) is 4.76. The van der Waals surface area contributed by atoms with Crippen LogP contribution in [0.2, 0.25) is 5.02 Å². The summed E-state index contributed by atoms with van der Waals surface area (Å²) in [4.78, 5) is 26.2. The van der Waals surface area contributed by atoms with Crippen molar-refractivity contribution in [2.75, 3.05) is 4.90 Å². The van der Waals surface area contributed by atoms with Crippen LogP contribution in [0.15, 0.2) is 18.2 Å². The SMILES string of the molecule is O=C1[C@@H]2[C@H]3CC[C@@H](C3)[C@@H]2C(=O)N1c1ccc(Cl)c(C(F)(F)F)c1. The van der Waals surface area contributed by atoms with Crippen LogP contribution in [0.1, 0.15) is 24.8 Å². The Balaban J connectivity index is 1.74. The molecule has 122 valence electrons. The lowest BCUT2D eigenvalue weighted by atomic mass is 9.81. The molecule has 0 spiro atoms. The van der Waals surface area contributed by atoms with Gasteiger partial charge < -0.3 is 0 Å². The molecule has 2 amide bonds. The van der Waals surface area contributed by atoms with Gasteiger partial charge in [-0.3, -0.25) is 14.5 Å². The number of carbonyl (C=O) groups is 2. The average molecular weight is 344 g/mol. The van der Waals surface area contributed by atoms with Gasteiger partial charge in [0.1, 0.15) is 0 Å². The van der Waals surface area contributed by atoms with Crippen molar-refractivity contribution in [2.45, 2.75) is 25.4 Å². The molecule has 2 bridgehead atoms. The van der Waals surface area contributed by atoms with E-state index in [1.54, 1.807) is 0 Å². The van der Waals surface area contributed by atoms with Gasteiger partial charge in [0.2, 0.25) is 11.8 Å². The van der Waals surface area contributed by atoms with Crippen molar-refractivity contribution in [1.82, 2.24) is 0 Å². The third-order valence-electron chi connectivity index (χ3n) is 5.44. The Morgan fingerprint density at radius 2 is 1.61 bits per heavy atom. The molecule has 2 aliphatic carbocycles. The smallest absolute Gasteiger partial charge is 0.274 e. The van der Waals surface area contributed by atoms with Crippen LogP contribution in [-0.2, 0) is 15.8 Å². The van der Waals surface area contributed by atoms with Gasteiger partial charge in [0.15, 0.2) is 0 Å². The standard InChI is InChI=1S/C16H13ClF3NO2/c17-11-4-3-9(6-10(11)16(18,19)20)21-14(22)12-7-1-2-8(5-7)13(12)15(21)23/h3-4,6-8,12-13H,1-2,5H2/t7-,8-,12-,13+/m0/s1. The molecule has 4 rings (SSSR count). The van der Waals surface area contributed by atoms with Gasteiger partial charge in [-0.1, -0.05) is 11.6 Å². The van der Waals surface area contributed by atoms with Crippen LogP contribution in [0.4, 0.5) is 18.9 Å². The van der Waals surface area contributed by atoms with E-state index in [1.165, 1.54) is 6.07 Å². The van der Waals surface area contributed by atoms with Crippen molar-refractivity contribution in [1.29, 1.82) is 0 Å². The zero-order valence-electron chi connectivity index (χ0n) is 11.9. The monoisotopic (exact) mass is 343 g/mol. The molecule has 3 fully saturated rings. The maximum absolute atomic E-state index is 13.0. The van der Waals surface area contributed by atoms with Crippen LogP contribution in [0.5, 0.6) is 0 Å². The Hall–Kier alpha value is -1.56. The van der Waals surface area contributed by atoms with Gasteiger partial charge in [-0.2, -0.15) is 13.2 Å². The minimum absolute atomic E-state index is 0.0366. The van der Waals surface area contributed by atoms with Gasteiger partial charge in [-0.05, 0) is 49.3 Å². The summed E-state index contributed by atoms with van der Waals surface area (Å²) in [7, 11) is 0. The zero-order chi connectivity index (χ0) is 16.5. The number of rotatable bonds is 1. The van der Waals surface area contributed by atoms with Gasteiger partial charge >= 0.3 is 6.18 Å². The molecule has 3 nitrogen and oxygen atoms in total. The maximum atomic E-state index is 13.0. The molecule has 7 heteroatoms. The molecule has 1 aromatic rings. The van der Waals surface area contributed by atoms with Crippen molar-refractivity contribution in [3.63, 3.8) is 0 Å². The lowest BCUT2D eigenvalue weighted by Crippen LogP contribution is -2.33. The van der Waals surface area contributed by atoms with Crippen LogP contribution in [0, 0.1) is 23.7 Å². The molecule has 23 heavy (non-hydrogen) atoms. The summed E-state index contributed by atoms with van der Waals surface area (Å²) in [5, 5.41) is -0.444. The first-order chi connectivity index (χ1) is 10.8. The predicted molar refractivity (Wildman–Crippen MR) is 76.8 cm³/mol. The van der Waals surface area contributed by atoms with Gasteiger partial charge in [0, 0.05) is 0 Å². The molecule has 1 aliphatic heterocycles. The summed E-state index contributed by atoms with van der Waals surface area (Å²) in [5.74, 6) is -1.04. The van der Waals surface area contributed by atoms with Crippen molar-refractivity contribution in [2.24, 2.45) is 23.7 Å². The highest BCUT2D eigenvalue weighted by Gasteiger charge is 2.61. The Bertz CT molecular complexity index is 690. The number of hydrogen-bond donors (Lipinski definition) is 0. The second-order valence-electron chi connectivity index (χ2n) is 6.56. The van der Waals surface area contributed by atoms with Crippen LogP contribution >= 0.6 is 11.6 Å². The molecule has 2 saturated carbocycles. The Labute approximate surface area is 135 Å². The molecule has 1 saturated heterocycles. The second-order valence-corrected chi connectivity index (χ2v) is 6.97. The largest absolute Gasteiger partial charge is 0.417 e. The van der Waals surface area contributed by atoms with E-state index in [1.807, 2.05) is 0 Å². The third kappa shape index (κ3) is 2.04. The van der Waals surface area contributed by atoms with E-state index < -0.39 is 16.8 Å². The highest BCUT2D eigenvalue weighted by Crippen LogP contribution is 2.56. The number of alkyl halides is 3. The van der Waals surface area contributed by atoms with E-state index in [9.17, 15) is 22.8 Å². The van der Waals surface area contributed by atoms with Gasteiger partial charge in [-0.15, -0.1) is 0 Å². The van der Waals surface area contributed by atoms with E-state index in [0.717, 1.165) is 36.3 Å². The van der Waals surface area contributed by atoms with Crippen LogP contribution in [0.25, 0.3) is 0 Å². The third-order valence-corrected chi connectivity index (χ3v) is 5.77. The summed E-state index contributed by atoms with van der Waals surface area (Å²) in [6.45, 7) is 0. The number of benzene rings is 1. The van der Waals surface area contributed by atoms with Crippen molar-refractivity contribution in [3.8, 4) is 0 Å². The number of imide groups is 1. The minimum Gasteiger partial charge on any atom is -0.274 e. The Kier molecular flexibility index (Phi) is 3.08. The molecule has 1 aromatic carbocycles. The highest BCUT2D eigenvalue weighted by molar-refractivity contribution is 6.31. The van der Waals surface area contributed by atoms with E-state index in [2.05, 4.69) is 0 Å². The number of amides is 2. The lowest BCUT2D eigenvalue weighted by Gasteiger charge is -2.19. The number of hydrogen-bond acceptors (Lipinski definition) is 2. The Morgan fingerprint density at radius 1 is 1.04 bits per heavy atom. The molecule has 1 heterocycles. The maximum Gasteiger partial charge on any atom is 0.417 e. The topological polar surface area (TPSA) is 37.4 Å². The average Bonchev–Trinajstić information content (AvgIpc) is 3.13. The molecule has 0 unspecified atom stereocenters. The molecule has 0 aromatic heterocycles. The number of fused-ring (bicyclic) bond motifs is 5. The van der Waals surface area contributed by atoms with E-state index in [0.29, 0.717) is 0 Å². The summed E-state index contributed by atoms with van der Waals surface area (Å²) in [6.07, 6.45) is -1.90. The summed E-state index contributed by atoms with van der Waals surface area (Å²) >= 11 is 5.60. The van der Waals surface area contributed by atoms with Crippen molar-refractivity contribution < 1.29 is 22.8 Å². The van der Waals surface area contributed by atoms with E-state index in [4.69, 9.17) is 11.6 Å². The number of halogens is 4. The highest BCUT2D eigenvalue weighted by atomic mass is 35.5. The first-order valence-electron chi connectivity index (χ1n) is 7.53. The van der Waals surface area contributed by atoms with E-state index in [-0.39, 0.29) is 41.2 Å². The molecule has 4 atom stereocenters. The van der Waals surface area contributed by atoms with Crippen LogP contribution in [0.3, 0.4) is 0 Å². The molecule has 0 radical (unpaired) electrons. The summed E-state index contributed by atoms with van der Waals surface area (Å²) < 4.78 is 39.0. The molecule has 0 N–H and O–H groups in total. The molecular formula is C16H13ClF3NO2. The van der Waals surface area contributed by atoms with Crippen LogP contribution in [-0.4, -0.2) is 11.8 Å². The van der Waals surface area contributed by atoms with Crippen molar-refractivity contribution in [3.05, 3.63) is 28.8 Å². The summed E-state index contributed by atoms with van der Waals surface area (Å²) in [6, 6.07) is 3.18. The van der Waals surface area contributed by atoms with Crippen LogP contribution < -0.4 is 4.90 Å². The first kappa shape index (κ1) is 15.0. The normalized spacial score (nSPS) is 32.8. The molecular weight excluding hydrogens is 331 g/mol. The molecule has 3 aliphatic rings. The Morgan fingerprint density at radius 3 is 2.13 bits per heavy atom. The second kappa shape index (κ2) is 4.72. The zero-order valence-corrected chi connectivity index (χ0v) is 12.7. The lowest BCUT2D eigenvalue weighted by molar-refractivity contribution is -0.137. The number of nitrogens with zero attached hydrogens (tertiary/aromatic N) is 1. The summed E-state index contributed by atoms with van der Waals surface area (Å²) in [5.41, 5.74) is -1.07. The quantitative estimate of drug-likeness (QED) is 0.725. The first-order valence-corrected chi connectivity index (χ1v) is 7.91. The van der Waals surface area contributed by atoms with E-state index >= 15 is 0 Å². The van der Waals surface area contributed by atoms with Gasteiger partial charge in [-0.25, -0.2) is 0 Å². The van der Waals surface area contributed by atoms with Crippen molar-refractivity contribution >= 4 is 29.1 Å². The van der Waals surface area contributed by atoms with Gasteiger partial charge in [0.25, 0.3) is 0 Å². The number of carbonyl (C=O) groups excluding carboxylic acids is 2. The predicted octanol–water partition coefficient (Wildman–Crippen LogP) is 3.89. The van der Waals surface area contributed by atoms with Gasteiger partial charge in [0.05, 0.1) is 28.1 Å². The fraction of sp³-hybridized carbons (Fsp3) is 0.500. The minimum atomic E-state index is -4.63.